The second-order valence-electron chi connectivity index (χ2n) is 11.0. The maximum Gasteiger partial charge on any atom is 0.228 e. The first-order chi connectivity index (χ1) is 16.5. The Labute approximate surface area is 198 Å². The summed E-state index contributed by atoms with van der Waals surface area (Å²) in [6, 6.07) is 4.63. The molecule has 3 fully saturated rings. The third-order valence-corrected chi connectivity index (χ3v) is 8.91. The van der Waals surface area contributed by atoms with Crippen molar-refractivity contribution in [2.45, 2.75) is 82.2 Å². The molecule has 0 spiro atoms. The number of nitriles is 1. The number of rotatable bonds is 6. The summed E-state index contributed by atoms with van der Waals surface area (Å²) >= 11 is 0. The van der Waals surface area contributed by atoms with Gasteiger partial charge in [0.2, 0.25) is 5.91 Å². The maximum atomic E-state index is 13.3. The van der Waals surface area contributed by atoms with Gasteiger partial charge in [-0.05, 0) is 75.2 Å². The normalized spacial score (nSPS) is 30.7. The molecular formula is C26H32N6O2. The number of carbonyl (C=O) groups excluding carboxylic acids is 1. The number of aromatic nitrogens is 4. The third kappa shape index (κ3) is 3.49. The van der Waals surface area contributed by atoms with E-state index in [9.17, 15) is 9.90 Å². The van der Waals surface area contributed by atoms with Crippen LogP contribution in [0.25, 0.3) is 22.1 Å². The number of aliphatic hydroxyl groups excluding tert-OH is 1. The van der Waals surface area contributed by atoms with Crippen molar-refractivity contribution in [3.05, 3.63) is 24.3 Å². The quantitative estimate of drug-likeness (QED) is 0.515. The molecule has 6 rings (SSSR count). The van der Waals surface area contributed by atoms with Crippen LogP contribution in [0.15, 0.2) is 18.5 Å². The summed E-state index contributed by atoms with van der Waals surface area (Å²) in [4.78, 5) is 26.0. The van der Waals surface area contributed by atoms with Gasteiger partial charge in [0.05, 0.1) is 24.2 Å². The van der Waals surface area contributed by atoms with Crippen LogP contribution in [0.1, 0.15) is 76.1 Å². The smallest absolute Gasteiger partial charge is 0.228 e. The molecule has 1 amide bonds. The fraction of sp³-hybridized carbons (Fsp3) is 0.615. The minimum absolute atomic E-state index is 0.00799. The lowest BCUT2D eigenvalue weighted by Crippen LogP contribution is -2.46. The van der Waals surface area contributed by atoms with E-state index in [1.54, 1.807) is 6.20 Å². The van der Waals surface area contributed by atoms with Gasteiger partial charge in [0.25, 0.3) is 0 Å². The van der Waals surface area contributed by atoms with Gasteiger partial charge < -0.3 is 20.0 Å². The Morgan fingerprint density at radius 3 is 2.76 bits per heavy atom. The molecule has 34 heavy (non-hydrogen) atoms. The zero-order chi connectivity index (χ0) is 23.3. The van der Waals surface area contributed by atoms with Gasteiger partial charge in [0.15, 0.2) is 0 Å². The van der Waals surface area contributed by atoms with Crippen molar-refractivity contribution in [3.8, 4) is 6.07 Å². The van der Waals surface area contributed by atoms with E-state index in [1.165, 1.54) is 0 Å². The highest BCUT2D eigenvalue weighted by molar-refractivity contribution is 6.01. The highest BCUT2D eigenvalue weighted by Crippen LogP contribution is 2.56. The molecule has 0 radical (unpaired) electrons. The van der Waals surface area contributed by atoms with Crippen molar-refractivity contribution in [2.24, 2.45) is 11.3 Å². The van der Waals surface area contributed by atoms with E-state index in [0.29, 0.717) is 12.3 Å². The number of hydrogen-bond donors (Lipinski definition) is 3. The molecular weight excluding hydrogens is 428 g/mol. The van der Waals surface area contributed by atoms with Gasteiger partial charge in [-0.25, -0.2) is 9.97 Å². The van der Waals surface area contributed by atoms with Crippen LogP contribution in [0.5, 0.6) is 0 Å². The second-order valence-corrected chi connectivity index (χ2v) is 11.0. The van der Waals surface area contributed by atoms with Crippen molar-refractivity contribution in [2.75, 3.05) is 6.61 Å². The van der Waals surface area contributed by atoms with Crippen LogP contribution in [0, 0.1) is 22.7 Å². The van der Waals surface area contributed by atoms with E-state index in [2.05, 4.69) is 25.9 Å². The minimum Gasteiger partial charge on any atom is -0.396 e. The van der Waals surface area contributed by atoms with Crippen molar-refractivity contribution < 1.29 is 9.90 Å². The summed E-state index contributed by atoms with van der Waals surface area (Å²) in [6.45, 7) is 0.217. The van der Waals surface area contributed by atoms with Crippen LogP contribution in [0.2, 0.25) is 0 Å². The Morgan fingerprint density at radius 2 is 2.06 bits per heavy atom. The number of imidazole rings is 1. The van der Waals surface area contributed by atoms with Crippen LogP contribution in [-0.4, -0.2) is 42.7 Å². The number of H-pyrrole nitrogens is 1. The van der Waals surface area contributed by atoms with Gasteiger partial charge in [-0.3, -0.25) is 4.79 Å². The SMILES string of the molecule is N#CCC1CCC(n2c(CC(=O)NC34CCC(CO)(CC3)C4)nc3cnc4[nH]ccc4c32)CC1. The molecule has 0 aliphatic heterocycles. The van der Waals surface area contributed by atoms with Crippen LogP contribution >= 0.6 is 0 Å². The molecule has 0 unspecified atom stereocenters. The number of aromatic amines is 1. The first-order valence-corrected chi connectivity index (χ1v) is 12.7. The van der Waals surface area contributed by atoms with Crippen LogP contribution in [0.3, 0.4) is 0 Å². The van der Waals surface area contributed by atoms with Crippen LogP contribution < -0.4 is 5.32 Å². The van der Waals surface area contributed by atoms with Crippen molar-refractivity contribution >= 4 is 28.0 Å². The van der Waals surface area contributed by atoms with E-state index in [4.69, 9.17) is 10.2 Å². The first-order valence-electron chi connectivity index (χ1n) is 12.7. The Bertz CT molecular complexity index is 1270. The Kier molecular flexibility index (Phi) is 5.14. The summed E-state index contributed by atoms with van der Waals surface area (Å²) in [5.74, 6) is 1.28. The zero-order valence-electron chi connectivity index (χ0n) is 19.5. The summed E-state index contributed by atoms with van der Waals surface area (Å²) in [5.41, 5.74) is 2.55. The Morgan fingerprint density at radius 1 is 1.26 bits per heavy atom. The average molecular weight is 461 g/mol. The molecule has 3 aromatic heterocycles. The monoisotopic (exact) mass is 460 g/mol. The van der Waals surface area contributed by atoms with Crippen LogP contribution in [0.4, 0.5) is 0 Å². The van der Waals surface area contributed by atoms with Crippen molar-refractivity contribution in [1.29, 1.82) is 5.26 Å². The van der Waals surface area contributed by atoms with E-state index in [-0.39, 0.29) is 35.9 Å². The van der Waals surface area contributed by atoms with E-state index in [0.717, 1.165) is 85.7 Å². The molecule has 3 saturated carbocycles. The lowest BCUT2D eigenvalue weighted by Gasteiger charge is -2.30. The molecule has 3 aliphatic rings. The highest BCUT2D eigenvalue weighted by atomic mass is 16.3. The average Bonchev–Trinajstić information content (AvgIpc) is 3.60. The maximum absolute atomic E-state index is 13.3. The number of fused-ring (bicyclic) bond motifs is 5. The van der Waals surface area contributed by atoms with Gasteiger partial charge in [0.1, 0.15) is 17.0 Å². The number of hydrogen-bond acceptors (Lipinski definition) is 5. The van der Waals surface area contributed by atoms with Gasteiger partial charge in [0, 0.05) is 36.2 Å². The molecule has 178 valence electrons. The molecule has 3 heterocycles. The number of carbonyl (C=O) groups is 1. The van der Waals surface area contributed by atoms with E-state index in [1.807, 2.05) is 12.3 Å². The van der Waals surface area contributed by atoms with Gasteiger partial charge in [-0.1, -0.05) is 0 Å². The zero-order valence-corrected chi connectivity index (χ0v) is 19.5. The molecule has 0 atom stereocenters. The Hall–Kier alpha value is -2.92. The fourth-order valence-electron chi connectivity index (χ4n) is 7.09. The molecule has 8 heteroatoms. The van der Waals surface area contributed by atoms with E-state index < -0.39 is 0 Å². The van der Waals surface area contributed by atoms with Crippen molar-refractivity contribution in [1.82, 2.24) is 24.8 Å². The molecule has 0 saturated heterocycles. The number of pyridine rings is 1. The molecule has 8 nitrogen and oxygen atoms in total. The predicted molar refractivity (Wildman–Crippen MR) is 128 cm³/mol. The lowest BCUT2D eigenvalue weighted by molar-refractivity contribution is -0.122. The minimum atomic E-state index is -0.165. The number of amides is 1. The summed E-state index contributed by atoms with van der Waals surface area (Å²) in [6.07, 6.45) is 13.4. The highest BCUT2D eigenvalue weighted by Gasteiger charge is 2.54. The third-order valence-electron chi connectivity index (χ3n) is 8.91. The number of nitrogens with one attached hydrogen (secondary N) is 2. The fourth-order valence-corrected chi connectivity index (χ4v) is 7.09. The predicted octanol–water partition coefficient (Wildman–Crippen LogP) is 3.91. The van der Waals surface area contributed by atoms with E-state index >= 15 is 0 Å². The largest absolute Gasteiger partial charge is 0.396 e. The summed E-state index contributed by atoms with van der Waals surface area (Å²) < 4.78 is 2.30. The van der Waals surface area contributed by atoms with Gasteiger partial charge in [-0.15, -0.1) is 0 Å². The first kappa shape index (κ1) is 21.6. The molecule has 3 aromatic rings. The molecule has 3 aliphatic carbocycles. The Balaban J connectivity index is 1.31. The van der Waals surface area contributed by atoms with Crippen molar-refractivity contribution in [3.63, 3.8) is 0 Å². The van der Waals surface area contributed by atoms with Crippen LogP contribution in [-0.2, 0) is 11.2 Å². The number of nitrogens with zero attached hydrogens (tertiary/aromatic N) is 4. The second kappa shape index (κ2) is 8.09. The standard InChI is InChI=1S/C26H32N6O2/c27-11-5-17-1-3-18(4-2-17)32-21(30-20-14-29-24-19(23(20)32)6-12-28-24)13-22(34)31-26-9-7-25(15-26,16-33)8-10-26/h6,12,14,17-18,33H,1-5,7-10,13,15-16H2,(H,28,29)(H,31,34). The van der Waals surface area contributed by atoms with Gasteiger partial charge in [-0.2, -0.15) is 5.26 Å². The molecule has 3 N–H and O–H groups in total. The van der Waals surface area contributed by atoms with Gasteiger partial charge >= 0.3 is 0 Å². The lowest BCUT2D eigenvalue weighted by atomic mass is 9.84. The summed E-state index contributed by atoms with van der Waals surface area (Å²) in [5, 5.41) is 23.4. The molecule has 0 aromatic carbocycles. The summed E-state index contributed by atoms with van der Waals surface area (Å²) in [7, 11) is 0. The topological polar surface area (TPSA) is 120 Å². The molecule has 2 bridgehead atoms. The number of aliphatic hydroxyl groups is 1.